The van der Waals surface area contributed by atoms with E-state index >= 15 is 0 Å². The molecule has 4 nitrogen and oxygen atoms in total. The van der Waals surface area contributed by atoms with Gasteiger partial charge in [0, 0.05) is 22.8 Å². The molecule has 112 valence electrons. The van der Waals surface area contributed by atoms with Crippen LogP contribution >= 0.6 is 0 Å². The molecule has 0 aliphatic carbocycles. The van der Waals surface area contributed by atoms with Gasteiger partial charge in [0.1, 0.15) is 0 Å². The molecule has 0 radical (unpaired) electrons. The van der Waals surface area contributed by atoms with Gasteiger partial charge in [-0.05, 0) is 25.1 Å². The molecule has 0 saturated heterocycles. The second-order valence-corrected chi connectivity index (χ2v) is 4.60. The van der Waals surface area contributed by atoms with Crippen LogP contribution in [0, 0.1) is 28.7 Å². The van der Waals surface area contributed by atoms with Crippen LogP contribution in [0.2, 0.25) is 0 Å². The van der Waals surface area contributed by atoms with Gasteiger partial charge in [0.15, 0.2) is 17.4 Å². The molecule has 0 aliphatic heterocycles. The van der Waals surface area contributed by atoms with Crippen LogP contribution in [-0.2, 0) is 0 Å². The minimum absolute atomic E-state index is 0.0741. The molecule has 0 unspecified atom stereocenters. The van der Waals surface area contributed by atoms with E-state index in [0.717, 1.165) is 24.3 Å². The molecular formula is C16H11F2NO3. The van der Waals surface area contributed by atoms with Gasteiger partial charge >= 0.3 is 0 Å². The van der Waals surface area contributed by atoms with Crippen molar-refractivity contribution in [3.8, 4) is 0 Å². The van der Waals surface area contributed by atoms with E-state index in [1.807, 2.05) is 0 Å². The van der Waals surface area contributed by atoms with Crippen molar-refractivity contribution in [3.63, 3.8) is 0 Å². The van der Waals surface area contributed by atoms with Gasteiger partial charge in [-0.15, -0.1) is 0 Å². The fourth-order valence-corrected chi connectivity index (χ4v) is 1.87. The number of halogens is 2. The number of hydrogen-bond acceptors (Lipinski definition) is 3. The number of nitro benzene ring substituents is 1. The number of hydrogen-bond donors (Lipinski definition) is 0. The van der Waals surface area contributed by atoms with Gasteiger partial charge in [0.05, 0.1) is 4.92 Å². The zero-order chi connectivity index (χ0) is 16.3. The zero-order valence-electron chi connectivity index (χ0n) is 11.5. The third-order valence-corrected chi connectivity index (χ3v) is 3.09. The largest absolute Gasteiger partial charge is 0.289 e. The van der Waals surface area contributed by atoms with Gasteiger partial charge in [-0.3, -0.25) is 14.9 Å². The maximum absolute atomic E-state index is 13.5. The van der Waals surface area contributed by atoms with Gasteiger partial charge in [-0.2, -0.15) is 0 Å². The summed E-state index contributed by atoms with van der Waals surface area (Å²) in [6.07, 6.45) is 2.18. The molecule has 0 bridgehead atoms. The van der Waals surface area contributed by atoms with Crippen LogP contribution in [0.5, 0.6) is 0 Å². The standard InChI is InChI=1S/C16H11F2NO3/c1-10-5-6-12(9-14(10)19(21)22)15(20)8-7-11-3-2-4-13(17)16(11)18/h2-9H,1H3. The van der Waals surface area contributed by atoms with E-state index < -0.39 is 22.3 Å². The first-order chi connectivity index (χ1) is 10.4. The fourth-order valence-electron chi connectivity index (χ4n) is 1.87. The Bertz CT molecular complexity index is 785. The van der Waals surface area contributed by atoms with Crippen LogP contribution in [0.25, 0.3) is 6.08 Å². The van der Waals surface area contributed by atoms with Crippen LogP contribution in [0.4, 0.5) is 14.5 Å². The topological polar surface area (TPSA) is 60.2 Å². The van der Waals surface area contributed by atoms with E-state index in [9.17, 15) is 23.7 Å². The summed E-state index contributed by atoms with van der Waals surface area (Å²) < 4.78 is 26.5. The Labute approximate surface area is 124 Å². The highest BCUT2D eigenvalue weighted by atomic mass is 19.2. The number of carbonyl (C=O) groups is 1. The minimum Gasteiger partial charge on any atom is -0.289 e. The van der Waals surface area contributed by atoms with Crippen LogP contribution in [0.15, 0.2) is 42.5 Å². The number of carbonyl (C=O) groups excluding carboxylic acids is 1. The summed E-state index contributed by atoms with van der Waals surface area (Å²) in [5.74, 6) is -2.60. The van der Waals surface area contributed by atoms with Gasteiger partial charge in [-0.1, -0.05) is 24.3 Å². The molecule has 0 amide bonds. The molecular weight excluding hydrogens is 292 g/mol. The van der Waals surface area contributed by atoms with Crippen molar-refractivity contribution >= 4 is 17.5 Å². The number of allylic oxidation sites excluding steroid dienone is 1. The molecule has 0 saturated carbocycles. The number of nitro groups is 1. The molecule has 2 aromatic rings. The molecule has 0 spiro atoms. The first-order valence-electron chi connectivity index (χ1n) is 6.31. The second-order valence-electron chi connectivity index (χ2n) is 4.60. The Hall–Kier alpha value is -2.89. The van der Waals surface area contributed by atoms with Crippen LogP contribution in [0.1, 0.15) is 21.5 Å². The normalized spacial score (nSPS) is 10.9. The lowest BCUT2D eigenvalue weighted by Crippen LogP contribution is -1.98. The predicted molar refractivity (Wildman–Crippen MR) is 77.6 cm³/mol. The summed E-state index contributed by atoms with van der Waals surface area (Å²) in [4.78, 5) is 22.2. The lowest BCUT2D eigenvalue weighted by molar-refractivity contribution is -0.385. The maximum atomic E-state index is 13.5. The van der Waals surface area contributed by atoms with Crippen molar-refractivity contribution in [1.29, 1.82) is 0 Å². The number of benzene rings is 2. The first kappa shape index (κ1) is 15.5. The molecule has 0 heterocycles. The first-order valence-corrected chi connectivity index (χ1v) is 6.31. The molecule has 22 heavy (non-hydrogen) atoms. The highest BCUT2D eigenvalue weighted by Gasteiger charge is 2.13. The number of rotatable bonds is 4. The Kier molecular flexibility index (Phi) is 4.41. The van der Waals surface area contributed by atoms with Gasteiger partial charge in [-0.25, -0.2) is 8.78 Å². The lowest BCUT2D eigenvalue weighted by atomic mass is 10.1. The Balaban J connectivity index is 2.29. The molecule has 2 rings (SSSR count). The summed E-state index contributed by atoms with van der Waals surface area (Å²) in [5, 5.41) is 10.8. The quantitative estimate of drug-likeness (QED) is 0.370. The second kappa shape index (κ2) is 6.26. The highest BCUT2D eigenvalue weighted by molar-refractivity contribution is 6.07. The molecule has 0 aromatic heterocycles. The minimum atomic E-state index is -1.05. The van der Waals surface area contributed by atoms with E-state index in [-0.39, 0.29) is 16.8 Å². The van der Waals surface area contributed by atoms with Crippen molar-refractivity contribution in [2.45, 2.75) is 6.92 Å². The van der Waals surface area contributed by atoms with Crippen molar-refractivity contribution in [1.82, 2.24) is 0 Å². The average molecular weight is 303 g/mol. The maximum Gasteiger partial charge on any atom is 0.273 e. The molecule has 0 N–H and O–H groups in total. The Morgan fingerprint density at radius 2 is 1.95 bits per heavy atom. The van der Waals surface area contributed by atoms with Crippen molar-refractivity contribution < 1.29 is 18.5 Å². The third kappa shape index (κ3) is 3.22. The molecule has 0 aliphatic rings. The number of aryl methyl sites for hydroxylation is 1. The summed E-state index contributed by atoms with van der Waals surface area (Å²) in [6.45, 7) is 1.56. The lowest BCUT2D eigenvalue weighted by Gasteiger charge is -2.00. The monoisotopic (exact) mass is 303 g/mol. The zero-order valence-corrected chi connectivity index (χ0v) is 11.5. The SMILES string of the molecule is Cc1ccc(C(=O)C=Cc2cccc(F)c2F)cc1[N+](=O)[O-]. The van der Waals surface area contributed by atoms with Crippen molar-refractivity contribution in [2.75, 3.05) is 0 Å². The average Bonchev–Trinajstić information content (AvgIpc) is 2.48. The van der Waals surface area contributed by atoms with Crippen LogP contribution < -0.4 is 0 Å². The van der Waals surface area contributed by atoms with E-state index in [0.29, 0.717) is 5.56 Å². The highest BCUT2D eigenvalue weighted by Crippen LogP contribution is 2.20. The number of ketones is 1. The van der Waals surface area contributed by atoms with Gasteiger partial charge in [0.2, 0.25) is 0 Å². The van der Waals surface area contributed by atoms with Crippen LogP contribution in [0.3, 0.4) is 0 Å². The summed E-state index contributed by atoms with van der Waals surface area (Å²) >= 11 is 0. The summed E-state index contributed by atoms with van der Waals surface area (Å²) in [7, 11) is 0. The van der Waals surface area contributed by atoms with Crippen molar-refractivity contribution in [3.05, 3.63) is 80.9 Å². The van der Waals surface area contributed by atoms with E-state index in [2.05, 4.69) is 0 Å². The Morgan fingerprint density at radius 1 is 1.23 bits per heavy atom. The smallest absolute Gasteiger partial charge is 0.273 e. The Morgan fingerprint density at radius 3 is 2.64 bits per heavy atom. The fraction of sp³-hybridized carbons (Fsp3) is 0.0625. The molecule has 0 atom stereocenters. The van der Waals surface area contributed by atoms with Crippen LogP contribution in [-0.4, -0.2) is 10.7 Å². The summed E-state index contributed by atoms with van der Waals surface area (Å²) in [5.41, 5.74) is 0.290. The summed E-state index contributed by atoms with van der Waals surface area (Å²) in [6, 6.07) is 7.67. The molecule has 0 fully saturated rings. The van der Waals surface area contributed by atoms with E-state index in [1.54, 1.807) is 6.92 Å². The predicted octanol–water partition coefficient (Wildman–Crippen LogP) is 4.08. The molecule has 6 heteroatoms. The molecule has 2 aromatic carbocycles. The van der Waals surface area contributed by atoms with E-state index in [1.165, 1.54) is 24.3 Å². The van der Waals surface area contributed by atoms with E-state index in [4.69, 9.17) is 0 Å². The van der Waals surface area contributed by atoms with Gasteiger partial charge in [0.25, 0.3) is 5.69 Å². The van der Waals surface area contributed by atoms with Crippen molar-refractivity contribution in [2.24, 2.45) is 0 Å². The van der Waals surface area contributed by atoms with Gasteiger partial charge < -0.3 is 0 Å². The number of nitrogens with zero attached hydrogens (tertiary/aromatic N) is 1. The third-order valence-electron chi connectivity index (χ3n) is 3.09.